The summed E-state index contributed by atoms with van der Waals surface area (Å²) in [5.41, 5.74) is 5.06. The average Bonchev–Trinajstić information content (AvgIpc) is 2.74. The van der Waals surface area contributed by atoms with E-state index < -0.39 is 10.3 Å². The van der Waals surface area contributed by atoms with Crippen molar-refractivity contribution in [2.45, 2.75) is 25.2 Å². The van der Waals surface area contributed by atoms with E-state index >= 15 is 0 Å². The molecule has 2 bridgehead atoms. The van der Waals surface area contributed by atoms with Crippen LogP contribution in [0.15, 0.2) is 72.8 Å². The lowest BCUT2D eigenvalue weighted by molar-refractivity contribution is -0.384. The van der Waals surface area contributed by atoms with Gasteiger partial charge in [0.25, 0.3) is 5.69 Å². The van der Waals surface area contributed by atoms with Gasteiger partial charge in [-0.05, 0) is 47.7 Å². The highest BCUT2D eigenvalue weighted by molar-refractivity contribution is 5.97. The van der Waals surface area contributed by atoms with Gasteiger partial charge in [-0.15, -0.1) is 0 Å². The third-order valence-corrected chi connectivity index (χ3v) is 6.48. The topological polar surface area (TPSA) is 72.2 Å². The quantitative estimate of drug-likeness (QED) is 0.497. The molecule has 5 nitrogen and oxygen atoms in total. The number of amides is 1. The van der Waals surface area contributed by atoms with Crippen molar-refractivity contribution in [3.63, 3.8) is 0 Å². The lowest BCUT2D eigenvalue weighted by Crippen LogP contribution is -2.47. The first-order valence-corrected chi connectivity index (χ1v) is 9.72. The molecule has 3 aliphatic carbocycles. The van der Waals surface area contributed by atoms with Crippen molar-refractivity contribution in [3.8, 4) is 0 Å². The van der Waals surface area contributed by atoms with Gasteiger partial charge in [0.05, 0.1) is 10.3 Å². The van der Waals surface area contributed by atoms with Gasteiger partial charge in [-0.3, -0.25) is 14.9 Å². The van der Waals surface area contributed by atoms with Crippen LogP contribution in [0.3, 0.4) is 0 Å². The summed E-state index contributed by atoms with van der Waals surface area (Å²) in [6.45, 7) is 2.04. The van der Waals surface area contributed by atoms with E-state index in [9.17, 15) is 14.9 Å². The number of rotatable bonds is 3. The number of nitro benzene ring substituents is 1. The number of benzene rings is 3. The molecular weight excluding hydrogens is 364 g/mol. The normalized spacial score (nSPS) is 23.8. The fourth-order valence-corrected chi connectivity index (χ4v) is 5.13. The maximum Gasteiger partial charge on any atom is 0.269 e. The summed E-state index contributed by atoms with van der Waals surface area (Å²) in [5.74, 6) is 0.128. The summed E-state index contributed by atoms with van der Waals surface area (Å²) >= 11 is 0. The Bertz CT molecular complexity index is 1090. The molecule has 0 radical (unpaired) electrons. The van der Waals surface area contributed by atoms with Gasteiger partial charge in [-0.1, -0.05) is 48.5 Å². The number of nitro groups is 1. The zero-order valence-corrected chi connectivity index (χ0v) is 16.0. The number of hydrogen-bond acceptors (Lipinski definition) is 3. The van der Waals surface area contributed by atoms with Gasteiger partial charge >= 0.3 is 0 Å². The summed E-state index contributed by atoms with van der Waals surface area (Å²) in [5, 5.41) is 13.9. The highest BCUT2D eigenvalue weighted by Gasteiger charge is 2.53. The van der Waals surface area contributed by atoms with E-state index in [2.05, 4.69) is 41.7 Å². The number of nitrogens with zero attached hydrogens (tertiary/aromatic N) is 1. The van der Waals surface area contributed by atoms with Gasteiger partial charge in [0, 0.05) is 29.7 Å². The molecule has 1 amide bonds. The van der Waals surface area contributed by atoms with Gasteiger partial charge in [0.15, 0.2) is 0 Å². The maximum atomic E-state index is 13.5. The van der Waals surface area contributed by atoms with Crippen LogP contribution in [0.4, 0.5) is 11.4 Å². The van der Waals surface area contributed by atoms with E-state index in [1.165, 1.54) is 34.4 Å². The van der Waals surface area contributed by atoms with Crippen LogP contribution in [0.1, 0.15) is 47.4 Å². The van der Waals surface area contributed by atoms with E-state index in [4.69, 9.17) is 0 Å². The second kappa shape index (κ2) is 6.27. The van der Waals surface area contributed by atoms with Crippen LogP contribution < -0.4 is 5.32 Å². The van der Waals surface area contributed by atoms with Crippen molar-refractivity contribution in [1.82, 2.24) is 0 Å². The van der Waals surface area contributed by atoms with E-state index in [1.807, 2.05) is 19.1 Å². The highest BCUT2D eigenvalue weighted by Crippen LogP contribution is 2.61. The average molecular weight is 384 g/mol. The van der Waals surface area contributed by atoms with Crippen molar-refractivity contribution in [1.29, 1.82) is 0 Å². The second-order valence-electron chi connectivity index (χ2n) is 8.12. The minimum Gasteiger partial charge on any atom is -0.326 e. The molecule has 3 aromatic carbocycles. The van der Waals surface area contributed by atoms with Crippen molar-refractivity contribution >= 4 is 17.3 Å². The first kappa shape index (κ1) is 17.6. The molecule has 1 atom stereocenters. The smallest absolute Gasteiger partial charge is 0.269 e. The molecule has 6 rings (SSSR count). The van der Waals surface area contributed by atoms with Crippen LogP contribution in [0.5, 0.6) is 0 Å². The van der Waals surface area contributed by atoms with Crippen LogP contribution in [0.2, 0.25) is 0 Å². The van der Waals surface area contributed by atoms with E-state index in [-0.39, 0.29) is 23.4 Å². The predicted octanol–water partition coefficient (Wildman–Crippen LogP) is 5.22. The Kier molecular flexibility index (Phi) is 3.81. The van der Waals surface area contributed by atoms with Crippen LogP contribution in [-0.2, 0) is 4.79 Å². The molecular formula is C24H20N2O3. The summed E-state index contributed by atoms with van der Waals surface area (Å²) in [6.07, 6.45) is 0.741. The Hall–Kier alpha value is -3.47. The van der Waals surface area contributed by atoms with Gasteiger partial charge in [-0.2, -0.15) is 0 Å². The summed E-state index contributed by atoms with van der Waals surface area (Å²) in [6, 6.07) is 22.8. The summed E-state index contributed by atoms with van der Waals surface area (Å²) in [7, 11) is 0. The monoisotopic (exact) mass is 384 g/mol. The number of non-ortho nitro benzene ring substituents is 1. The SMILES string of the molecule is C[C@@]1(C(=O)Nc2ccc([N+](=O)[O-])cc2)CC2c3ccccc3C1c1ccccc12. The van der Waals surface area contributed by atoms with Crippen molar-refractivity contribution in [2.75, 3.05) is 5.32 Å². The van der Waals surface area contributed by atoms with Crippen LogP contribution >= 0.6 is 0 Å². The van der Waals surface area contributed by atoms with E-state index in [0.717, 1.165) is 6.42 Å². The van der Waals surface area contributed by atoms with E-state index in [1.54, 1.807) is 12.1 Å². The van der Waals surface area contributed by atoms with Gasteiger partial charge < -0.3 is 5.32 Å². The molecule has 144 valence electrons. The third kappa shape index (κ3) is 2.58. The van der Waals surface area contributed by atoms with Crippen molar-refractivity contribution in [3.05, 3.63) is 105 Å². The first-order chi connectivity index (χ1) is 14.0. The lowest BCUT2D eigenvalue weighted by atomic mass is 9.52. The lowest BCUT2D eigenvalue weighted by Gasteiger charge is -2.50. The van der Waals surface area contributed by atoms with Gasteiger partial charge in [-0.25, -0.2) is 0 Å². The number of hydrogen-bond donors (Lipinski definition) is 1. The Morgan fingerprint density at radius 1 is 0.931 bits per heavy atom. The molecule has 1 N–H and O–H groups in total. The molecule has 0 saturated heterocycles. The number of carbonyl (C=O) groups excluding carboxylic acids is 1. The number of carbonyl (C=O) groups is 1. The molecule has 3 aromatic rings. The minimum absolute atomic E-state index is 0.00814. The Morgan fingerprint density at radius 2 is 1.45 bits per heavy atom. The van der Waals surface area contributed by atoms with Crippen molar-refractivity contribution < 1.29 is 9.72 Å². The molecule has 3 aliphatic rings. The third-order valence-electron chi connectivity index (χ3n) is 6.48. The standard InChI is InChI=1S/C24H20N2O3/c1-24(23(27)25-15-10-12-16(13-11-15)26(28)29)14-21-17-6-2-4-8-19(17)22(24)20-9-5-3-7-18(20)21/h2-13,21-22H,14H2,1H3,(H,25,27)/t21?,22?,24-/m1/s1. The molecule has 0 aliphatic heterocycles. The molecule has 29 heavy (non-hydrogen) atoms. The zero-order chi connectivity index (χ0) is 20.2. The van der Waals surface area contributed by atoms with Crippen LogP contribution in [0.25, 0.3) is 0 Å². The number of nitrogens with one attached hydrogen (secondary N) is 1. The van der Waals surface area contributed by atoms with Gasteiger partial charge in [0.1, 0.15) is 0 Å². The molecule has 0 heterocycles. The molecule has 5 heteroatoms. The highest BCUT2D eigenvalue weighted by atomic mass is 16.6. The van der Waals surface area contributed by atoms with Crippen LogP contribution in [-0.4, -0.2) is 10.8 Å². The Morgan fingerprint density at radius 3 is 1.97 bits per heavy atom. The molecule has 0 aromatic heterocycles. The number of anilines is 1. The molecule has 0 spiro atoms. The molecule has 0 unspecified atom stereocenters. The number of fused-ring (bicyclic) bond motifs is 1. The maximum absolute atomic E-state index is 13.5. The zero-order valence-electron chi connectivity index (χ0n) is 16.0. The second-order valence-corrected chi connectivity index (χ2v) is 8.12. The Balaban J connectivity index is 1.54. The van der Waals surface area contributed by atoms with E-state index in [0.29, 0.717) is 5.69 Å². The summed E-state index contributed by atoms with van der Waals surface area (Å²) < 4.78 is 0. The Labute approximate surface area is 168 Å². The largest absolute Gasteiger partial charge is 0.326 e. The van der Waals surface area contributed by atoms with Gasteiger partial charge in [0.2, 0.25) is 5.91 Å². The van der Waals surface area contributed by atoms with Crippen molar-refractivity contribution in [2.24, 2.45) is 5.41 Å². The first-order valence-electron chi connectivity index (χ1n) is 9.72. The minimum atomic E-state index is -0.602. The predicted molar refractivity (Wildman–Crippen MR) is 111 cm³/mol. The van der Waals surface area contributed by atoms with Crippen LogP contribution in [0, 0.1) is 15.5 Å². The molecule has 0 fully saturated rings. The molecule has 0 saturated carbocycles. The summed E-state index contributed by atoms with van der Waals surface area (Å²) in [4.78, 5) is 23.9. The fraction of sp³-hybridized carbons (Fsp3) is 0.208. The fourth-order valence-electron chi connectivity index (χ4n) is 5.13.